The van der Waals surface area contributed by atoms with Crippen molar-refractivity contribution in [3.05, 3.63) is 53.6 Å². The van der Waals surface area contributed by atoms with Gasteiger partial charge >= 0.3 is 0 Å². The maximum Gasteiger partial charge on any atom is 0.239 e. The molecule has 9 nitrogen and oxygen atoms in total. The van der Waals surface area contributed by atoms with Gasteiger partial charge in [0.25, 0.3) is 0 Å². The highest BCUT2D eigenvalue weighted by Gasteiger charge is 2.24. The largest absolute Gasteiger partial charge is 0.496 e. The number of nitriles is 1. The molecule has 1 aromatic carbocycles. The second kappa shape index (κ2) is 9.24. The Morgan fingerprint density at radius 1 is 1.38 bits per heavy atom. The number of hydrogen-bond donors (Lipinski definition) is 2. The molecule has 0 aliphatic carbocycles. The third kappa shape index (κ3) is 4.50. The number of halogens is 1. The van der Waals surface area contributed by atoms with Gasteiger partial charge in [0.05, 0.1) is 12.7 Å². The molecule has 0 unspecified atom stereocenters. The van der Waals surface area contributed by atoms with Gasteiger partial charge in [-0.25, -0.2) is 22.5 Å². The lowest BCUT2D eigenvalue weighted by Crippen LogP contribution is -2.40. The molecule has 0 fully saturated rings. The van der Waals surface area contributed by atoms with Gasteiger partial charge in [-0.3, -0.25) is 4.79 Å². The molecule has 0 spiro atoms. The highest BCUT2D eigenvalue weighted by molar-refractivity contribution is 7.90. The van der Waals surface area contributed by atoms with Crippen LogP contribution in [0, 0.1) is 17.1 Å². The summed E-state index contributed by atoms with van der Waals surface area (Å²) in [5.74, 6) is -1.10. The molecule has 34 heavy (non-hydrogen) atoms. The Labute approximate surface area is 195 Å². The number of carbonyl (C=O) groups excluding carboxylic acids is 1. The van der Waals surface area contributed by atoms with Gasteiger partial charge in [-0.1, -0.05) is 6.08 Å². The monoisotopic (exact) mass is 483 g/mol. The van der Waals surface area contributed by atoms with Gasteiger partial charge in [-0.2, -0.15) is 5.26 Å². The van der Waals surface area contributed by atoms with Crippen molar-refractivity contribution < 1.29 is 22.3 Å². The Bertz CT molecular complexity index is 1460. The van der Waals surface area contributed by atoms with Gasteiger partial charge < -0.3 is 14.6 Å². The van der Waals surface area contributed by atoms with E-state index in [0.717, 1.165) is 11.3 Å². The summed E-state index contributed by atoms with van der Waals surface area (Å²) in [5.41, 5.74) is 3.43. The van der Waals surface area contributed by atoms with Gasteiger partial charge in [-0.05, 0) is 43.3 Å². The van der Waals surface area contributed by atoms with Crippen LogP contribution in [-0.4, -0.2) is 62.2 Å². The first-order valence-corrected chi connectivity index (χ1v) is 12.1. The SMILES string of the molecule is CNS(=O)(=O)CC(=O)N1CC=C(c2cc3c(-c4cc(F)ccc4OC)c(C#N)cnc3[nH]2)CC1. The van der Waals surface area contributed by atoms with Crippen LogP contribution in [-0.2, 0) is 14.8 Å². The zero-order valence-corrected chi connectivity index (χ0v) is 19.4. The first-order valence-electron chi connectivity index (χ1n) is 10.4. The van der Waals surface area contributed by atoms with Gasteiger partial charge in [0, 0.05) is 41.5 Å². The van der Waals surface area contributed by atoms with Crippen molar-refractivity contribution in [3.8, 4) is 22.9 Å². The third-order valence-corrected chi connectivity index (χ3v) is 6.99. The fraction of sp³-hybridized carbons (Fsp3) is 0.261. The topological polar surface area (TPSA) is 128 Å². The number of carbonyl (C=O) groups is 1. The number of nitrogens with zero attached hydrogens (tertiary/aromatic N) is 3. The molecule has 176 valence electrons. The Morgan fingerprint density at radius 2 is 2.18 bits per heavy atom. The highest BCUT2D eigenvalue weighted by Crippen LogP contribution is 2.38. The molecule has 2 aromatic heterocycles. The van der Waals surface area contributed by atoms with E-state index in [1.54, 1.807) is 0 Å². The number of fused-ring (bicyclic) bond motifs is 1. The Kier molecular flexibility index (Phi) is 6.37. The van der Waals surface area contributed by atoms with Crippen LogP contribution in [0.3, 0.4) is 0 Å². The van der Waals surface area contributed by atoms with Gasteiger partial charge in [-0.15, -0.1) is 0 Å². The minimum Gasteiger partial charge on any atom is -0.496 e. The Hall–Kier alpha value is -3.75. The van der Waals surface area contributed by atoms with Crippen molar-refractivity contribution in [2.24, 2.45) is 0 Å². The van der Waals surface area contributed by atoms with Crippen molar-refractivity contribution in [2.45, 2.75) is 6.42 Å². The number of methoxy groups -OCH3 is 1. The van der Waals surface area contributed by atoms with Crippen LogP contribution in [0.5, 0.6) is 5.75 Å². The molecule has 0 atom stereocenters. The van der Waals surface area contributed by atoms with Crippen LogP contribution in [0.4, 0.5) is 4.39 Å². The van der Waals surface area contributed by atoms with Crippen LogP contribution in [0.2, 0.25) is 0 Å². The second-order valence-electron chi connectivity index (χ2n) is 7.73. The average molecular weight is 484 g/mol. The summed E-state index contributed by atoms with van der Waals surface area (Å²) in [6.45, 7) is 0.630. The minimum atomic E-state index is -3.64. The van der Waals surface area contributed by atoms with Crippen molar-refractivity contribution in [2.75, 3.05) is 33.0 Å². The number of hydrogen-bond acceptors (Lipinski definition) is 6. The standard InChI is InChI=1S/C23H22FN5O4S/c1-26-34(31,32)13-21(30)29-7-5-14(6-8-29)19-10-18-22(15(11-25)12-27-23(18)28-19)17-9-16(24)3-4-20(17)33-2/h3-5,9-10,12,26H,6-8,13H2,1-2H3,(H,27,28). The Balaban J connectivity index is 1.70. The number of pyridine rings is 1. The molecular weight excluding hydrogens is 461 g/mol. The smallest absolute Gasteiger partial charge is 0.239 e. The predicted octanol–water partition coefficient (Wildman–Crippen LogP) is 2.41. The molecule has 3 aromatic rings. The fourth-order valence-electron chi connectivity index (χ4n) is 3.96. The summed E-state index contributed by atoms with van der Waals surface area (Å²) in [5, 5.41) is 10.3. The first-order chi connectivity index (χ1) is 16.3. The summed E-state index contributed by atoms with van der Waals surface area (Å²) >= 11 is 0. The summed E-state index contributed by atoms with van der Waals surface area (Å²) in [7, 11) is -0.890. The Morgan fingerprint density at radius 3 is 2.82 bits per heavy atom. The molecule has 1 aliphatic rings. The zero-order chi connectivity index (χ0) is 24.5. The van der Waals surface area contributed by atoms with Gasteiger partial charge in [0.15, 0.2) is 0 Å². The lowest BCUT2D eigenvalue weighted by atomic mass is 9.97. The fourth-order valence-corrected chi connectivity index (χ4v) is 4.62. The molecule has 0 saturated heterocycles. The van der Waals surface area contributed by atoms with Crippen LogP contribution in [0.25, 0.3) is 27.7 Å². The first kappa shape index (κ1) is 23.4. The average Bonchev–Trinajstić information content (AvgIpc) is 3.27. The summed E-state index contributed by atoms with van der Waals surface area (Å²) < 4.78 is 45.0. The van der Waals surface area contributed by atoms with Crippen LogP contribution >= 0.6 is 0 Å². The van der Waals surface area contributed by atoms with Crippen molar-refractivity contribution >= 4 is 32.5 Å². The number of aromatic amines is 1. The summed E-state index contributed by atoms with van der Waals surface area (Å²) in [4.78, 5) is 21.4. The van der Waals surface area contributed by atoms with Crippen LogP contribution < -0.4 is 9.46 Å². The van der Waals surface area contributed by atoms with Crippen molar-refractivity contribution in [3.63, 3.8) is 0 Å². The molecule has 3 heterocycles. The van der Waals surface area contributed by atoms with E-state index >= 15 is 0 Å². The highest BCUT2D eigenvalue weighted by atomic mass is 32.2. The number of benzene rings is 1. The predicted molar refractivity (Wildman–Crippen MR) is 125 cm³/mol. The maximum atomic E-state index is 14.1. The molecule has 1 aliphatic heterocycles. The number of H-pyrrole nitrogens is 1. The quantitative estimate of drug-likeness (QED) is 0.554. The molecule has 2 N–H and O–H groups in total. The number of aromatic nitrogens is 2. The molecule has 0 saturated carbocycles. The summed E-state index contributed by atoms with van der Waals surface area (Å²) in [6.07, 6.45) is 3.79. The second-order valence-corrected chi connectivity index (χ2v) is 9.66. The van der Waals surface area contributed by atoms with E-state index < -0.39 is 27.5 Å². The lowest BCUT2D eigenvalue weighted by Gasteiger charge is -2.26. The molecule has 11 heteroatoms. The van der Waals surface area contributed by atoms with E-state index in [1.165, 1.54) is 43.5 Å². The van der Waals surface area contributed by atoms with E-state index in [0.29, 0.717) is 40.9 Å². The van der Waals surface area contributed by atoms with Crippen molar-refractivity contribution in [1.29, 1.82) is 5.26 Å². The lowest BCUT2D eigenvalue weighted by molar-refractivity contribution is -0.128. The summed E-state index contributed by atoms with van der Waals surface area (Å²) in [6, 6.07) is 8.09. The number of ether oxygens (including phenoxy) is 1. The normalized spacial score (nSPS) is 14.1. The number of amides is 1. The van der Waals surface area contributed by atoms with Crippen molar-refractivity contribution in [1.82, 2.24) is 19.6 Å². The van der Waals surface area contributed by atoms with Crippen LogP contribution in [0.1, 0.15) is 17.7 Å². The molecule has 0 bridgehead atoms. The minimum absolute atomic E-state index is 0.268. The third-order valence-electron chi connectivity index (χ3n) is 5.74. The molecular formula is C23H22FN5O4S. The van der Waals surface area contributed by atoms with Crippen LogP contribution in [0.15, 0.2) is 36.5 Å². The van der Waals surface area contributed by atoms with Gasteiger partial charge in [0.2, 0.25) is 15.9 Å². The maximum absolute atomic E-state index is 14.1. The van der Waals surface area contributed by atoms with E-state index in [2.05, 4.69) is 20.8 Å². The van der Waals surface area contributed by atoms with E-state index in [1.807, 2.05) is 12.1 Å². The molecule has 1 amide bonds. The van der Waals surface area contributed by atoms with Gasteiger partial charge in [0.1, 0.15) is 29.0 Å². The molecule has 0 radical (unpaired) electrons. The number of nitrogens with one attached hydrogen (secondary N) is 2. The number of sulfonamides is 1. The van der Waals surface area contributed by atoms with E-state index in [-0.39, 0.29) is 12.1 Å². The van der Waals surface area contributed by atoms with E-state index in [9.17, 15) is 22.9 Å². The molecule has 4 rings (SSSR count). The number of rotatable bonds is 6. The van der Waals surface area contributed by atoms with E-state index in [4.69, 9.17) is 4.74 Å². The zero-order valence-electron chi connectivity index (χ0n) is 18.6.